The van der Waals surface area contributed by atoms with Crippen molar-refractivity contribution in [1.29, 1.82) is 0 Å². The Hall–Kier alpha value is -1.00. The molecule has 2 heterocycles. The van der Waals surface area contributed by atoms with Crippen molar-refractivity contribution < 1.29 is 4.74 Å². The van der Waals surface area contributed by atoms with Crippen LogP contribution < -0.4 is 5.32 Å². The highest BCUT2D eigenvalue weighted by atomic mass is 16.5. The minimum absolute atomic E-state index is 0.0779. The summed E-state index contributed by atoms with van der Waals surface area (Å²) < 4.78 is 6.16. The zero-order chi connectivity index (χ0) is 13.4. The van der Waals surface area contributed by atoms with Gasteiger partial charge in [0.25, 0.3) is 0 Å². The first-order valence-electron chi connectivity index (χ1n) is 6.49. The molecular formula is C14H23N3O. The highest BCUT2D eigenvalue weighted by Crippen LogP contribution is 2.47. The first kappa shape index (κ1) is 13.4. The quantitative estimate of drug-likeness (QED) is 0.893. The second-order valence-electron chi connectivity index (χ2n) is 6.17. The molecule has 1 saturated heterocycles. The van der Waals surface area contributed by atoms with Crippen molar-refractivity contribution >= 4 is 0 Å². The summed E-state index contributed by atoms with van der Waals surface area (Å²) in [6.45, 7) is 8.62. The third-order valence-electron chi connectivity index (χ3n) is 3.76. The number of rotatable bonds is 3. The fraction of sp³-hybridized carbons (Fsp3) is 0.714. The number of nitrogens with zero attached hydrogens (tertiary/aromatic N) is 2. The molecule has 1 fully saturated rings. The third kappa shape index (κ3) is 2.54. The highest BCUT2D eigenvalue weighted by molar-refractivity contribution is 5.10. The fourth-order valence-electron chi connectivity index (χ4n) is 3.15. The molecule has 1 aliphatic rings. The summed E-state index contributed by atoms with van der Waals surface area (Å²) in [4.78, 5) is 8.59. The number of nitrogens with one attached hydrogen (secondary N) is 1. The zero-order valence-electron chi connectivity index (χ0n) is 11.9. The predicted molar refractivity (Wildman–Crippen MR) is 71.2 cm³/mol. The number of aromatic nitrogens is 2. The average Bonchev–Trinajstić information content (AvgIpc) is 2.50. The lowest BCUT2D eigenvalue weighted by Crippen LogP contribution is -2.37. The van der Waals surface area contributed by atoms with Crippen molar-refractivity contribution in [2.75, 3.05) is 7.05 Å². The van der Waals surface area contributed by atoms with Gasteiger partial charge >= 0.3 is 0 Å². The van der Waals surface area contributed by atoms with Crippen molar-refractivity contribution in [2.45, 2.75) is 51.4 Å². The fourth-order valence-corrected chi connectivity index (χ4v) is 3.15. The van der Waals surface area contributed by atoms with Crippen LogP contribution in [0, 0.1) is 5.92 Å². The van der Waals surface area contributed by atoms with Gasteiger partial charge in [-0.1, -0.05) is 0 Å². The zero-order valence-corrected chi connectivity index (χ0v) is 11.9. The number of hydrogen-bond acceptors (Lipinski definition) is 4. The van der Waals surface area contributed by atoms with Gasteiger partial charge in [-0.15, -0.1) is 0 Å². The van der Waals surface area contributed by atoms with E-state index in [-0.39, 0.29) is 17.2 Å². The molecule has 1 N–H and O–H groups in total. The largest absolute Gasteiger partial charge is 0.369 e. The molecule has 4 nitrogen and oxygen atoms in total. The van der Waals surface area contributed by atoms with Gasteiger partial charge in [-0.3, -0.25) is 9.97 Å². The highest BCUT2D eigenvalue weighted by Gasteiger charge is 2.49. The summed E-state index contributed by atoms with van der Waals surface area (Å²) >= 11 is 0. The molecule has 4 heteroatoms. The van der Waals surface area contributed by atoms with E-state index < -0.39 is 0 Å². The van der Waals surface area contributed by atoms with Gasteiger partial charge in [-0.05, 0) is 41.2 Å². The van der Waals surface area contributed by atoms with Gasteiger partial charge in [0, 0.05) is 24.5 Å². The maximum Gasteiger partial charge on any atom is 0.0759 e. The summed E-state index contributed by atoms with van der Waals surface area (Å²) in [6, 6.07) is 0.176. The van der Waals surface area contributed by atoms with Crippen molar-refractivity contribution in [3.05, 3.63) is 24.3 Å². The van der Waals surface area contributed by atoms with Crippen LogP contribution in [0.5, 0.6) is 0 Å². The normalized spacial score (nSPS) is 27.1. The van der Waals surface area contributed by atoms with Crippen LogP contribution in [-0.2, 0) is 4.74 Å². The van der Waals surface area contributed by atoms with E-state index in [1.54, 1.807) is 12.4 Å². The van der Waals surface area contributed by atoms with E-state index in [0.717, 1.165) is 12.1 Å². The smallest absolute Gasteiger partial charge is 0.0759 e. The van der Waals surface area contributed by atoms with Crippen LogP contribution in [0.3, 0.4) is 0 Å². The van der Waals surface area contributed by atoms with E-state index in [0.29, 0.717) is 5.92 Å². The number of ether oxygens (including phenoxy) is 1. The molecule has 0 aliphatic carbocycles. The van der Waals surface area contributed by atoms with Gasteiger partial charge in [0.15, 0.2) is 0 Å². The van der Waals surface area contributed by atoms with Gasteiger partial charge in [0.1, 0.15) is 0 Å². The maximum absolute atomic E-state index is 6.16. The molecule has 2 atom stereocenters. The minimum atomic E-state index is -0.158. The maximum atomic E-state index is 6.16. The Morgan fingerprint density at radius 2 is 2.06 bits per heavy atom. The monoisotopic (exact) mass is 249 g/mol. The summed E-state index contributed by atoms with van der Waals surface area (Å²) in [7, 11) is 1.97. The molecule has 0 saturated carbocycles. The summed E-state index contributed by atoms with van der Waals surface area (Å²) in [5.74, 6) is 0.384. The minimum Gasteiger partial charge on any atom is -0.369 e. The third-order valence-corrected chi connectivity index (χ3v) is 3.76. The molecule has 0 radical (unpaired) electrons. The van der Waals surface area contributed by atoms with E-state index in [4.69, 9.17) is 4.74 Å². The molecule has 18 heavy (non-hydrogen) atoms. The Balaban J connectivity index is 2.29. The Bertz CT molecular complexity index is 403. The van der Waals surface area contributed by atoms with Gasteiger partial charge in [-0.2, -0.15) is 0 Å². The summed E-state index contributed by atoms with van der Waals surface area (Å²) in [5, 5.41) is 3.37. The standard InChI is InChI=1S/C14H23N3O/c1-13(2)8-10(14(3,4)18-13)12(15-5)11-9-16-6-7-17-11/h6-7,9-10,12,15H,8H2,1-5H3. The van der Waals surface area contributed by atoms with Crippen LogP contribution >= 0.6 is 0 Å². The van der Waals surface area contributed by atoms with E-state index in [2.05, 4.69) is 43.0 Å². The Morgan fingerprint density at radius 1 is 1.33 bits per heavy atom. The summed E-state index contributed by atoms with van der Waals surface area (Å²) in [5.41, 5.74) is 0.750. The topological polar surface area (TPSA) is 47.0 Å². The average molecular weight is 249 g/mol. The molecule has 2 rings (SSSR count). The van der Waals surface area contributed by atoms with Crippen LogP contribution in [0.4, 0.5) is 0 Å². The number of hydrogen-bond donors (Lipinski definition) is 1. The lowest BCUT2D eigenvalue weighted by Gasteiger charge is -2.32. The second kappa shape index (κ2) is 4.59. The van der Waals surface area contributed by atoms with Crippen LogP contribution in [0.15, 0.2) is 18.6 Å². The first-order chi connectivity index (χ1) is 8.36. The van der Waals surface area contributed by atoms with Crippen LogP contribution in [0.1, 0.15) is 45.9 Å². The first-order valence-corrected chi connectivity index (χ1v) is 6.49. The Kier molecular flexibility index (Phi) is 3.43. The lowest BCUT2D eigenvalue weighted by atomic mass is 9.80. The molecule has 1 aliphatic heterocycles. The van der Waals surface area contributed by atoms with E-state index in [1.165, 1.54) is 0 Å². The van der Waals surface area contributed by atoms with Crippen molar-refractivity contribution in [3.8, 4) is 0 Å². The van der Waals surface area contributed by atoms with E-state index in [1.807, 2.05) is 13.2 Å². The van der Waals surface area contributed by atoms with Gasteiger partial charge in [-0.25, -0.2) is 0 Å². The van der Waals surface area contributed by atoms with Gasteiger partial charge < -0.3 is 10.1 Å². The van der Waals surface area contributed by atoms with Gasteiger partial charge in [0.2, 0.25) is 0 Å². The Labute approximate surface area is 109 Å². The molecular weight excluding hydrogens is 226 g/mol. The van der Waals surface area contributed by atoms with Crippen LogP contribution in [0.25, 0.3) is 0 Å². The Morgan fingerprint density at radius 3 is 2.50 bits per heavy atom. The second-order valence-corrected chi connectivity index (χ2v) is 6.17. The summed E-state index contributed by atoms with van der Waals surface area (Å²) in [6.07, 6.45) is 6.30. The molecule has 0 bridgehead atoms. The van der Waals surface area contributed by atoms with E-state index in [9.17, 15) is 0 Å². The van der Waals surface area contributed by atoms with Crippen molar-refractivity contribution in [2.24, 2.45) is 5.92 Å². The van der Waals surface area contributed by atoms with Crippen LogP contribution in [0.2, 0.25) is 0 Å². The van der Waals surface area contributed by atoms with Crippen LogP contribution in [-0.4, -0.2) is 28.2 Å². The van der Waals surface area contributed by atoms with Crippen molar-refractivity contribution in [1.82, 2.24) is 15.3 Å². The van der Waals surface area contributed by atoms with Crippen molar-refractivity contribution in [3.63, 3.8) is 0 Å². The molecule has 1 aromatic heterocycles. The molecule has 1 aromatic rings. The molecule has 0 amide bonds. The predicted octanol–water partition coefficient (Wildman–Crippen LogP) is 2.33. The molecule has 0 spiro atoms. The molecule has 0 aromatic carbocycles. The van der Waals surface area contributed by atoms with Gasteiger partial charge in [0.05, 0.1) is 22.9 Å². The van der Waals surface area contributed by atoms with E-state index >= 15 is 0 Å². The molecule has 100 valence electrons. The SMILES string of the molecule is CNC(c1cnccn1)C1CC(C)(C)OC1(C)C. The molecule has 2 unspecified atom stereocenters. The lowest BCUT2D eigenvalue weighted by molar-refractivity contribution is -0.0778.